The van der Waals surface area contributed by atoms with Crippen LogP contribution in [0, 0.1) is 0 Å². The fraction of sp³-hybridized carbons (Fsp3) is 0.273. The molecule has 6 aromatic rings. The summed E-state index contributed by atoms with van der Waals surface area (Å²) < 4.78 is 5.28. The van der Waals surface area contributed by atoms with E-state index < -0.39 is 16.8 Å². The molecule has 14 heteroatoms. The number of anilines is 2. The molecule has 2 aromatic heterocycles. The van der Waals surface area contributed by atoms with Gasteiger partial charge in [-0.2, -0.15) is 0 Å². The Balaban J connectivity index is 0.000000151. The highest BCUT2D eigenvalue weighted by atomic mass is 16.5. The topological polar surface area (TPSA) is 208 Å². The highest BCUT2D eigenvalue weighted by Crippen LogP contribution is 2.50. The number of carbonyl (C=O) groups excluding carboxylic acids is 3. The predicted octanol–water partition coefficient (Wildman–Crippen LogP) is 5.45. The van der Waals surface area contributed by atoms with Crippen molar-refractivity contribution >= 4 is 57.5 Å². The summed E-state index contributed by atoms with van der Waals surface area (Å²) in [5.41, 5.74) is 17.9. The molecule has 5 N–H and O–H groups in total. The number of hydrogen-bond donors (Lipinski definition) is 3. The summed E-state index contributed by atoms with van der Waals surface area (Å²) >= 11 is 0. The minimum atomic E-state index is -0.861. The Bertz CT molecular complexity index is 2660. The summed E-state index contributed by atoms with van der Waals surface area (Å²) in [6.07, 6.45) is 2.65. The second-order valence-corrected chi connectivity index (χ2v) is 15.4. The lowest BCUT2D eigenvalue weighted by Gasteiger charge is -2.18. The lowest BCUT2D eigenvalue weighted by molar-refractivity contribution is -0.146. The van der Waals surface area contributed by atoms with Gasteiger partial charge in [0.05, 0.1) is 28.5 Å². The van der Waals surface area contributed by atoms with Crippen LogP contribution >= 0.6 is 0 Å². The number of nitrogens with zero attached hydrogens (tertiary/aromatic N) is 6. The Labute approximate surface area is 332 Å². The van der Waals surface area contributed by atoms with E-state index in [0.29, 0.717) is 73.0 Å². The van der Waals surface area contributed by atoms with E-state index in [9.17, 15) is 24.3 Å². The summed E-state index contributed by atoms with van der Waals surface area (Å²) in [5, 5.41) is 10.7. The maximum absolute atomic E-state index is 13.4. The Kier molecular flexibility index (Phi) is 8.79. The molecule has 0 saturated heterocycles. The first-order valence-corrected chi connectivity index (χ1v) is 19.3. The van der Waals surface area contributed by atoms with Gasteiger partial charge < -0.3 is 31.1 Å². The predicted molar refractivity (Wildman–Crippen MR) is 214 cm³/mol. The molecule has 2 aliphatic carbocycles. The van der Waals surface area contributed by atoms with Gasteiger partial charge in [0.1, 0.15) is 11.4 Å². The third-order valence-electron chi connectivity index (χ3n) is 11.8. The van der Waals surface area contributed by atoms with Crippen molar-refractivity contribution in [3.8, 4) is 0 Å². The van der Waals surface area contributed by atoms with E-state index in [0.717, 1.165) is 40.7 Å². The van der Waals surface area contributed by atoms with Crippen molar-refractivity contribution in [2.45, 2.75) is 69.6 Å². The quantitative estimate of drug-likeness (QED) is 0.173. The second-order valence-electron chi connectivity index (χ2n) is 15.4. The van der Waals surface area contributed by atoms with Gasteiger partial charge in [-0.15, -0.1) is 0 Å². The van der Waals surface area contributed by atoms with Gasteiger partial charge in [0.2, 0.25) is 11.9 Å². The van der Waals surface area contributed by atoms with Gasteiger partial charge in [0, 0.05) is 37.0 Å². The second kappa shape index (κ2) is 13.9. The van der Waals surface area contributed by atoms with E-state index in [1.54, 1.807) is 41.0 Å². The molecule has 2 fully saturated rings. The van der Waals surface area contributed by atoms with Gasteiger partial charge in [0.15, 0.2) is 0 Å². The summed E-state index contributed by atoms with van der Waals surface area (Å²) in [5.74, 6) is -1.40. The molecule has 0 bridgehead atoms. The SMILES string of the molecule is CCOC(=O)C1(c2ccc3nc(N)nc(C(=O)N4Cc5ccccc5C4)c3c2)CC1.Nc1nc(C(=O)N2Cc3ccccc3C2)c2cc(C3(C(=O)O)CC3)ccc2n1. The minimum absolute atomic E-state index is 0.0275. The molecule has 0 atom stereocenters. The summed E-state index contributed by atoms with van der Waals surface area (Å²) in [6, 6.07) is 26.7. The Morgan fingerprint density at radius 2 is 1.02 bits per heavy atom. The van der Waals surface area contributed by atoms with E-state index in [4.69, 9.17) is 16.2 Å². The van der Waals surface area contributed by atoms with Crippen LogP contribution in [0.15, 0.2) is 84.9 Å². The van der Waals surface area contributed by atoms with Gasteiger partial charge >= 0.3 is 11.9 Å². The van der Waals surface area contributed by atoms with Gasteiger partial charge in [-0.05, 0) is 90.3 Å². The lowest BCUT2D eigenvalue weighted by Crippen LogP contribution is -2.27. The smallest absolute Gasteiger partial charge is 0.316 e. The number of aromatic nitrogens is 4. The maximum atomic E-state index is 13.4. The molecule has 0 unspecified atom stereocenters. The number of rotatable bonds is 7. The van der Waals surface area contributed by atoms with Gasteiger partial charge in [-0.3, -0.25) is 19.2 Å². The van der Waals surface area contributed by atoms with Crippen LogP contribution in [-0.4, -0.2) is 65.2 Å². The van der Waals surface area contributed by atoms with Crippen molar-refractivity contribution in [3.05, 3.63) is 130 Å². The van der Waals surface area contributed by atoms with E-state index in [2.05, 4.69) is 19.9 Å². The molecule has 0 radical (unpaired) electrons. The molecule has 4 heterocycles. The number of esters is 1. The average molecular weight is 777 g/mol. The van der Waals surface area contributed by atoms with Crippen molar-refractivity contribution in [1.82, 2.24) is 29.7 Å². The number of nitrogen functional groups attached to an aromatic ring is 2. The zero-order chi connectivity index (χ0) is 40.3. The number of benzene rings is 4. The van der Waals surface area contributed by atoms with Crippen molar-refractivity contribution in [3.63, 3.8) is 0 Å². The number of aliphatic carboxylic acids is 1. The van der Waals surface area contributed by atoms with Crippen LogP contribution in [0.2, 0.25) is 0 Å². The van der Waals surface area contributed by atoms with E-state index in [1.807, 2.05) is 60.7 Å². The molecule has 14 nitrogen and oxygen atoms in total. The zero-order valence-electron chi connectivity index (χ0n) is 31.8. The maximum Gasteiger partial charge on any atom is 0.316 e. The standard InChI is InChI=1S/C23H22N4O3.C21H18N4O3/c1-2-30-21(29)23(9-10-23)16-7-8-18-17(11-16)19(26-22(24)25-18)20(28)27-12-14-5-3-4-6-15(14)13-27;22-20-23-16-6-5-14(21(7-8-21)19(27)28)9-15(16)17(24-20)18(26)25-10-12-3-1-2-4-13(12)11-25/h3-8,11H,2,9-10,12-13H2,1H3,(H2,24,25,26);1-6,9H,7-8,10-11H2,(H,27,28)(H2,22,23,24). The van der Waals surface area contributed by atoms with Crippen LogP contribution in [0.25, 0.3) is 21.8 Å². The Hall–Kier alpha value is -6.96. The highest BCUT2D eigenvalue weighted by Gasteiger charge is 2.53. The number of carbonyl (C=O) groups is 4. The number of carboxylic acids is 1. The molecule has 58 heavy (non-hydrogen) atoms. The van der Waals surface area contributed by atoms with Crippen LogP contribution in [0.4, 0.5) is 11.9 Å². The molecule has 2 aliphatic heterocycles. The van der Waals surface area contributed by atoms with Gasteiger partial charge in [-0.25, -0.2) is 19.9 Å². The van der Waals surface area contributed by atoms with Crippen molar-refractivity contribution < 1.29 is 29.0 Å². The highest BCUT2D eigenvalue weighted by molar-refractivity contribution is 6.06. The lowest BCUT2D eigenvalue weighted by atomic mass is 9.94. The fourth-order valence-corrected chi connectivity index (χ4v) is 8.22. The van der Waals surface area contributed by atoms with Crippen LogP contribution in [0.3, 0.4) is 0 Å². The monoisotopic (exact) mass is 776 g/mol. The number of hydrogen-bond acceptors (Lipinski definition) is 11. The molecular formula is C44H40N8O6. The number of ether oxygens (including phenoxy) is 1. The minimum Gasteiger partial charge on any atom is -0.481 e. The van der Waals surface area contributed by atoms with E-state index in [1.165, 1.54) is 0 Å². The van der Waals surface area contributed by atoms with Crippen LogP contribution < -0.4 is 11.5 Å². The van der Waals surface area contributed by atoms with Crippen LogP contribution in [0.5, 0.6) is 0 Å². The number of amides is 2. The van der Waals surface area contributed by atoms with E-state index in [-0.39, 0.29) is 41.1 Å². The molecule has 2 amide bonds. The summed E-state index contributed by atoms with van der Waals surface area (Å²) in [7, 11) is 0. The van der Waals surface area contributed by atoms with Gasteiger partial charge in [0.25, 0.3) is 11.8 Å². The first-order chi connectivity index (χ1) is 28.0. The van der Waals surface area contributed by atoms with Crippen molar-refractivity contribution in [2.75, 3.05) is 18.1 Å². The first kappa shape index (κ1) is 36.7. The Morgan fingerprint density at radius 1 is 0.621 bits per heavy atom. The van der Waals surface area contributed by atoms with Crippen LogP contribution in [0.1, 0.15) is 87.0 Å². The zero-order valence-corrected chi connectivity index (χ0v) is 31.8. The van der Waals surface area contributed by atoms with Gasteiger partial charge in [-0.1, -0.05) is 60.7 Å². The number of nitrogens with two attached hydrogens (primary N) is 2. The largest absolute Gasteiger partial charge is 0.481 e. The third-order valence-corrected chi connectivity index (χ3v) is 11.8. The third kappa shape index (κ3) is 6.30. The molecule has 4 aromatic carbocycles. The molecule has 2 saturated carbocycles. The van der Waals surface area contributed by atoms with E-state index >= 15 is 0 Å². The van der Waals surface area contributed by atoms with Crippen LogP contribution in [-0.2, 0) is 51.3 Å². The number of carboxylic acid groups (broad SMARTS) is 1. The van der Waals surface area contributed by atoms with Crippen molar-refractivity contribution in [2.24, 2.45) is 0 Å². The number of fused-ring (bicyclic) bond motifs is 4. The molecule has 292 valence electrons. The van der Waals surface area contributed by atoms with Crippen molar-refractivity contribution in [1.29, 1.82) is 0 Å². The Morgan fingerprint density at radius 3 is 1.38 bits per heavy atom. The fourth-order valence-electron chi connectivity index (χ4n) is 8.22. The molecule has 4 aliphatic rings. The first-order valence-electron chi connectivity index (χ1n) is 19.3. The summed E-state index contributed by atoms with van der Waals surface area (Å²) in [6.45, 7) is 4.24. The molecule has 0 spiro atoms. The average Bonchev–Trinajstić information content (AvgIpc) is 4.13. The summed E-state index contributed by atoms with van der Waals surface area (Å²) in [4.78, 5) is 71.4. The normalized spacial score (nSPS) is 16.6. The molecule has 10 rings (SSSR count). The molecular weight excluding hydrogens is 737 g/mol.